The molecule has 0 spiro atoms. The summed E-state index contributed by atoms with van der Waals surface area (Å²) in [5.74, 6) is -0.308. The van der Waals surface area contributed by atoms with Crippen LogP contribution in [0.3, 0.4) is 0 Å². The number of rotatable bonds is 4. The van der Waals surface area contributed by atoms with Gasteiger partial charge in [-0.25, -0.2) is 9.78 Å². The third-order valence-electron chi connectivity index (χ3n) is 5.13. The Kier molecular flexibility index (Phi) is 4.88. The van der Waals surface area contributed by atoms with Crippen LogP contribution >= 0.6 is 0 Å². The molecule has 3 aromatic rings. The average Bonchev–Trinajstić information content (AvgIpc) is 3.17. The van der Waals surface area contributed by atoms with Crippen LogP contribution in [0.5, 0.6) is 0 Å². The van der Waals surface area contributed by atoms with Crippen molar-refractivity contribution in [2.75, 3.05) is 11.9 Å². The molecule has 1 aliphatic heterocycles. The van der Waals surface area contributed by atoms with Crippen molar-refractivity contribution in [2.24, 2.45) is 0 Å². The van der Waals surface area contributed by atoms with Gasteiger partial charge in [-0.05, 0) is 49.6 Å². The summed E-state index contributed by atoms with van der Waals surface area (Å²) in [6.07, 6.45) is 1.64. The smallest absolute Gasteiger partial charge is 0.338 e. The molecule has 1 aromatic heterocycles. The summed E-state index contributed by atoms with van der Waals surface area (Å²) in [6, 6.07) is 10.4. The predicted molar refractivity (Wildman–Crippen MR) is 109 cm³/mol. The normalized spacial score (nSPS) is 12.6. The fourth-order valence-corrected chi connectivity index (χ4v) is 3.61. The number of amides is 1. The number of aromatic nitrogens is 2. The number of aryl methyl sites for hydroxylation is 3. The third kappa shape index (κ3) is 3.63. The first-order chi connectivity index (χ1) is 13.9. The monoisotopic (exact) mass is 391 g/mol. The Morgan fingerprint density at radius 2 is 1.93 bits per heavy atom. The maximum absolute atomic E-state index is 12.5. The minimum absolute atomic E-state index is 0.0876. The maximum Gasteiger partial charge on any atom is 0.338 e. The van der Waals surface area contributed by atoms with Crippen molar-refractivity contribution < 1.29 is 14.3 Å². The quantitative estimate of drug-likeness (QED) is 0.691. The van der Waals surface area contributed by atoms with Crippen molar-refractivity contribution in [2.45, 2.75) is 33.2 Å². The van der Waals surface area contributed by atoms with Crippen LogP contribution in [0.15, 0.2) is 41.2 Å². The summed E-state index contributed by atoms with van der Waals surface area (Å²) in [6.45, 7) is 4.08. The lowest BCUT2D eigenvalue weighted by atomic mass is 10.1. The Labute approximate surface area is 167 Å². The Hall–Kier alpha value is -3.48. The van der Waals surface area contributed by atoms with Gasteiger partial charge in [0.15, 0.2) is 6.61 Å². The lowest BCUT2D eigenvalue weighted by molar-refractivity contribution is -0.119. The van der Waals surface area contributed by atoms with E-state index >= 15 is 0 Å². The zero-order valence-corrected chi connectivity index (χ0v) is 16.3. The van der Waals surface area contributed by atoms with Gasteiger partial charge in [-0.1, -0.05) is 18.2 Å². The lowest BCUT2D eigenvalue weighted by Gasteiger charge is -2.12. The number of hydrogen-bond donors (Lipinski definition) is 1. The molecule has 7 heteroatoms. The van der Waals surface area contributed by atoms with Gasteiger partial charge < -0.3 is 10.1 Å². The second kappa shape index (κ2) is 7.50. The standard InChI is InChI=1S/C22H21N3O4/c1-13-5-3-6-14(2)20(13)24-19(26)12-29-22(28)15-8-9-16-17(11-15)23-18-7-4-10-25(18)21(16)27/h3,5-6,8-9,11H,4,7,10,12H2,1-2H3,(H,24,26). The molecule has 2 aromatic carbocycles. The molecule has 0 saturated carbocycles. The van der Waals surface area contributed by atoms with Crippen LogP contribution in [0.4, 0.5) is 5.69 Å². The predicted octanol–water partition coefficient (Wildman–Crippen LogP) is 2.76. The number of nitrogens with one attached hydrogen (secondary N) is 1. The molecule has 0 bridgehead atoms. The highest BCUT2D eigenvalue weighted by molar-refractivity contribution is 5.97. The van der Waals surface area contributed by atoms with Gasteiger partial charge in [0, 0.05) is 18.7 Å². The highest BCUT2D eigenvalue weighted by atomic mass is 16.5. The summed E-state index contributed by atoms with van der Waals surface area (Å²) in [7, 11) is 0. The van der Waals surface area contributed by atoms with Crippen LogP contribution in [0.25, 0.3) is 10.9 Å². The molecule has 0 unspecified atom stereocenters. The number of para-hydroxylation sites is 1. The molecule has 0 fully saturated rings. The minimum atomic E-state index is -0.633. The van der Waals surface area contributed by atoms with Gasteiger partial charge in [-0.2, -0.15) is 0 Å². The third-order valence-corrected chi connectivity index (χ3v) is 5.13. The van der Waals surface area contributed by atoms with Crippen molar-refractivity contribution in [1.82, 2.24) is 9.55 Å². The zero-order chi connectivity index (χ0) is 20.5. The first-order valence-electron chi connectivity index (χ1n) is 9.50. The minimum Gasteiger partial charge on any atom is -0.452 e. The van der Waals surface area contributed by atoms with E-state index in [1.807, 2.05) is 32.0 Å². The molecule has 1 amide bonds. The van der Waals surface area contributed by atoms with Crippen molar-refractivity contribution in [1.29, 1.82) is 0 Å². The molecular weight excluding hydrogens is 370 g/mol. The van der Waals surface area contributed by atoms with Gasteiger partial charge >= 0.3 is 5.97 Å². The first-order valence-corrected chi connectivity index (χ1v) is 9.50. The fraction of sp³-hybridized carbons (Fsp3) is 0.273. The summed E-state index contributed by atoms with van der Waals surface area (Å²) in [4.78, 5) is 41.6. The van der Waals surface area contributed by atoms with E-state index in [0.29, 0.717) is 17.4 Å². The van der Waals surface area contributed by atoms with Crippen LogP contribution in [0.1, 0.15) is 33.7 Å². The maximum atomic E-state index is 12.5. The fourth-order valence-electron chi connectivity index (χ4n) is 3.61. The van der Waals surface area contributed by atoms with Crippen molar-refractivity contribution in [3.63, 3.8) is 0 Å². The van der Waals surface area contributed by atoms with E-state index in [1.165, 1.54) is 6.07 Å². The van der Waals surface area contributed by atoms with Crippen molar-refractivity contribution in [3.05, 3.63) is 69.3 Å². The number of carbonyl (C=O) groups is 2. The van der Waals surface area contributed by atoms with Gasteiger partial charge in [0.2, 0.25) is 0 Å². The number of ether oxygens (including phenoxy) is 1. The average molecular weight is 391 g/mol. The van der Waals surface area contributed by atoms with E-state index in [4.69, 9.17) is 4.74 Å². The number of anilines is 1. The molecule has 29 heavy (non-hydrogen) atoms. The lowest BCUT2D eigenvalue weighted by Crippen LogP contribution is -2.22. The van der Waals surface area contributed by atoms with Crippen LogP contribution in [-0.4, -0.2) is 28.0 Å². The number of carbonyl (C=O) groups excluding carboxylic acids is 2. The van der Waals surface area contributed by atoms with E-state index in [-0.39, 0.29) is 11.1 Å². The Balaban J connectivity index is 1.47. The second-order valence-electron chi connectivity index (χ2n) is 7.21. The second-order valence-corrected chi connectivity index (χ2v) is 7.21. The molecule has 2 heterocycles. The van der Waals surface area contributed by atoms with Gasteiger partial charge in [0.1, 0.15) is 5.82 Å². The molecule has 148 valence electrons. The topological polar surface area (TPSA) is 90.3 Å². The van der Waals surface area contributed by atoms with Gasteiger partial charge in [-0.15, -0.1) is 0 Å². The van der Waals surface area contributed by atoms with E-state index in [9.17, 15) is 14.4 Å². The summed E-state index contributed by atoms with van der Waals surface area (Å²) in [5.41, 5.74) is 3.23. The van der Waals surface area contributed by atoms with Crippen LogP contribution in [0, 0.1) is 13.8 Å². The Bertz CT molecular complexity index is 1180. The molecule has 0 radical (unpaired) electrons. The van der Waals surface area contributed by atoms with E-state index in [1.54, 1.807) is 16.7 Å². The van der Waals surface area contributed by atoms with Crippen molar-refractivity contribution >= 4 is 28.5 Å². The first kappa shape index (κ1) is 18.9. The summed E-state index contributed by atoms with van der Waals surface area (Å²) >= 11 is 0. The summed E-state index contributed by atoms with van der Waals surface area (Å²) in [5, 5.41) is 3.25. The van der Waals surface area contributed by atoms with Crippen LogP contribution in [-0.2, 0) is 22.5 Å². The Morgan fingerprint density at radius 3 is 2.69 bits per heavy atom. The van der Waals surface area contributed by atoms with E-state index in [2.05, 4.69) is 10.3 Å². The zero-order valence-electron chi connectivity index (χ0n) is 16.3. The number of nitrogens with zero attached hydrogens (tertiary/aromatic N) is 2. The number of hydrogen-bond acceptors (Lipinski definition) is 5. The SMILES string of the molecule is Cc1cccc(C)c1NC(=O)COC(=O)c1ccc2c(=O)n3c(nc2c1)CCC3. The molecule has 1 N–H and O–H groups in total. The molecule has 0 aliphatic carbocycles. The van der Waals surface area contributed by atoms with E-state index < -0.39 is 18.5 Å². The van der Waals surface area contributed by atoms with Crippen LogP contribution in [0.2, 0.25) is 0 Å². The molecular formula is C22H21N3O4. The number of esters is 1. The van der Waals surface area contributed by atoms with Gasteiger partial charge in [0.05, 0.1) is 16.5 Å². The molecule has 0 atom stereocenters. The number of benzene rings is 2. The highest BCUT2D eigenvalue weighted by Gasteiger charge is 2.18. The summed E-state index contributed by atoms with van der Waals surface area (Å²) < 4.78 is 6.83. The van der Waals surface area contributed by atoms with Crippen molar-refractivity contribution in [3.8, 4) is 0 Å². The molecule has 4 rings (SSSR count). The largest absolute Gasteiger partial charge is 0.452 e. The van der Waals surface area contributed by atoms with Crippen LogP contribution < -0.4 is 10.9 Å². The molecule has 0 saturated heterocycles. The van der Waals surface area contributed by atoms with Gasteiger partial charge in [0.25, 0.3) is 11.5 Å². The highest BCUT2D eigenvalue weighted by Crippen LogP contribution is 2.19. The molecule has 7 nitrogen and oxygen atoms in total. The van der Waals surface area contributed by atoms with Gasteiger partial charge in [-0.3, -0.25) is 14.2 Å². The number of fused-ring (bicyclic) bond motifs is 2. The van der Waals surface area contributed by atoms with E-state index in [0.717, 1.165) is 35.5 Å². The Morgan fingerprint density at radius 1 is 1.17 bits per heavy atom. The molecule has 1 aliphatic rings.